The molecule has 26 heavy (non-hydrogen) atoms. The number of hydrogen-bond acceptors (Lipinski definition) is 3. The van der Waals surface area contributed by atoms with Crippen LogP contribution in [0.2, 0.25) is 0 Å². The number of fused-ring (bicyclic) bond motifs is 1. The number of rotatable bonds is 4. The first-order valence-corrected chi connectivity index (χ1v) is 9.10. The Bertz CT molecular complexity index is 845. The van der Waals surface area contributed by atoms with Gasteiger partial charge in [0, 0.05) is 18.8 Å². The predicted octanol–water partition coefficient (Wildman–Crippen LogP) is 2.57. The van der Waals surface area contributed by atoms with Gasteiger partial charge < -0.3 is 10.0 Å². The van der Waals surface area contributed by atoms with Gasteiger partial charge >= 0.3 is 5.97 Å². The van der Waals surface area contributed by atoms with E-state index in [1.54, 1.807) is 11.1 Å². The molecule has 0 spiro atoms. The van der Waals surface area contributed by atoms with Gasteiger partial charge in [-0.2, -0.15) is 5.10 Å². The third-order valence-electron chi connectivity index (χ3n) is 6.09. The minimum absolute atomic E-state index is 0.0728. The lowest BCUT2D eigenvalue weighted by atomic mass is 9.81. The van der Waals surface area contributed by atoms with Crippen LogP contribution in [0, 0.1) is 18.3 Å². The molecular weight excluding hydrogens is 330 g/mol. The Morgan fingerprint density at radius 2 is 2.08 bits per heavy atom. The van der Waals surface area contributed by atoms with Crippen LogP contribution in [0.1, 0.15) is 40.9 Å². The van der Waals surface area contributed by atoms with Crippen LogP contribution < -0.4 is 0 Å². The van der Waals surface area contributed by atoms with E-state index in [9.17, 15) is 14.7 Å². The zero-order chi connectivity index (χ0) is 18.3. The van der Waals surface area contributed by atoms with Crippen molar-refractivity contribution in [3.63, 3.8) is 0 Å². The molecule has 2 aliphatic rings. The second-order valence-electron chi connectivity index (χ2n) is 7.52. The lowest BCUT2D eigenvalue weighted by Crippen LogP contribution is -2.37. The summed E-state index contributed by atoms with van der Waals surface area (Å²) in [7, 11) is 0. The number of aliphatic carboxylic acids is 1. The lowest BCUT2D eigenvalue weighted by Gasteiger charge is -2.23. The number of benzene rings is 1. The van der Waals surface area contributed by atoms with Gasteiger partial charge in [-0.05, 0) is 31.2 Å². The molecular formula is C20H23N3O3. The largest absolute Gasteiger partial charge is 0.481 e. The Kier molecular flexibility index (Phi) is 4.05. The minimum atomic E-state index is -0.758. The number of carboxylic acids is 1. The molecule has 1 amide bonds. The quantitative estimate of drug-likeness (QED) is 0.917. The van der Waals surface area contributed by atoms with Crippen molar-refractivity contribution in [3.8, 4) is 0 Å². The molecule has 0 bridgehead atoms. The molecule has 136 valence electrons. The average Bonchev–Trinajstić information content (AvgIpc) is 3.29. The van der Waals surface area contributed by atoms with Crippen LogP contribution in [0.5, 0.6) is 0 Å². The van der Waals surface area contributed by atoms with Gasteiger partial charge in [-0.25, -0.2) is 0 Å². The van der Waals surface area contributed by atoms with E-state index in [0.717, 1.165) is 24.1 Å². The Labute approximate surface area is 152 Å². The summed E-state index contributed by atoms with van der Waals surface area (Å²) < 4.78 is 1.83. The Morgan fingerprint density at radius 3 is 2.77 bits per heavy atom. The van der Waals surface area contributed by atoms with Gasteiger partial charge in [0.1, 0.15) is 0 Å². The van der Waals surface area contributed by atoms with Crippen LogP contribution in [-0.2, 0) is 11.3 Å². The molecule has 0 unspecified atom stereocenters. The molecule has 2 heterocycles. The fourth-order valence-corrected chi connectivity index (χ4v) is 4.54. The topological polar surface area (TPSA) is 75.4 Å². The van der Waals surface area contributed by atoms with E-state index in [0.29, 0.717) is 31.6 Å². The first-order chi connectivity index (χ1) is 12.5. The van der Waals surface area contributed by atoms with Crippen LogP contribution in [0.4, 0.5) is 0 Å². The number of likely N-dealkylation sites (tertiary alicyclic amines) is 1. The van der Waals surface area contributed by atoms with Gasteiger partial charge in [-0.1, -0.05) is 36.8 Å². The van der Waals surface area contributed by atoms with Crippen LogP contribution in [0.15, 0.2) is 36.5 Å². The van der Waals surface area contributed by atoms with Crippen molar-refractivity contribution >= 4 is 11.9 Å². The van der Waals surface area contributed by atoms with Crippen molar-refractivity contribution in [1.29, 1.82) is 0 Å². The Hall–Kier alpha value is -2.63. The van der Waals surface area contributed by atoms with Gasteiger partial charge in [0.25, 0.3) is 5.91 Å². The second-order valence-corrected chi connectivity index (χ2v) is 7.52. The van der Waals surface area contributed by atoms with Crippen molar-refractivity contribution in [2.24, 2.45) is 11.3 Å². The monoisotopic (exact) mass is 353 g/mol. The van der Waals surface area contributed by atoms with E-state index in [2.05, 4.69) is 5.10 Å². The van der Waals surface area contributed by atoms with Crippen molar-refractivity contribution in [3.05, 3.63) is 53.3 Å². The van der Waals surface area contributed by atoms with Gasteiger partial charge in [-0.15, -0.1) is 0 Å². The van der Waals surface area contributed by atoms with Crippen molar-refractivity contribution < 1.29 is 14.7 Å². The highest BCUT2D eigenvalue weighted by atomic mass is 16.4. The molecule has 2 fully saturated rings. The van der Waals surface area contributed by atoms with Crippen molar-refractivity contribution in [2.45, 2.75) is 32.7 Å². The van der Waals surface area contributed by atoms with E-state index in [-0.39, 0.29) is 11.8 Å². The molecule has 0 radical (unpaired) electrons. The highest BCUT2D eigenvalue weighted by Crippen LogP contribution is 2.49. The maximum atomic E-state index is 13.0. The SMILES string of the molecule is Cc1c(C(=O)N2C[C@@H]3CCC[C@@]3(C(=O)O)C2)cnn1Cc1ccccc1. The van der Waals surface area contributed by atoms with E-state index < -0.39 is 11.4 Å². The molecule has 1 aliphatic carbocycles. The minimum Gasteiger partial charge on any atom is -0.481 e. The van der Waals surface area contributed by atoms with Gasteiger partial charge in [-0.3, -0.25) is 14.3 Å². The van der Waals surface area contributed by atoms with Gasteiger partial charge in [0.15, 0.2) is 0 Å². The fourth-order valence-electron chi connectivity index (χ4n) is 4.54. The summed E-state index contributed by atoms with van der Waals surface area (Å²) in [6.45, 7) is 3.36. The summed E-state index contributed by atoms with van der Waals surface area (Å²) in [5, 5.41) is 14.1. The third-order valence-corrected chi connectivity index (χ3v) is 6.09. The highest BCUT2D eigenvalue weighted by molar-refractivity contribution is 5.96. The summed E-state index contributed by atoms with van der Waals surface area (Å²) >= 11 is 0. The van der Waals surface area contributed by atoms with Crippen molar-refractivity contribution in [1.82, 2.24) is 14.7 Å². The molecule has 2 atom stereocenters. The standard InChI is InChI=1S/C20H23N3O3/c1-14-17(10-21-23(14)11-15-6-3-2-4-7-15)18(24)22-12-16-8-5-9-20(16,13-22)19(25)26/h2-4,6-7,10,16H,5,8-9,11-13H2,1H3,(H,25,26)/t16-,20+/m0/s1. The second kappa shape index (κ2) is 6.27. The summed E-state index contributed by atoms with van der Waals surface area (Å²) in [5.74, 6) is -0.785. The van der Waals surface area contributed by atoms with Gasteiger partial charge in [0.05, 0.1) is 23.7 Å². The zero-order valence-corrected chi connectivity index (χ0v) is 14.9. The van der Waals surface area contributed by atoms with Crippen molar-refractivity contribution in [2.75, 3.05) is 13.1 Å². The Morgan fingerprint density at radius 1 is 1.31 bits per heavy atom. The molecule has 1 aliphatic heterocycles. The number of nitrogens with zero attached hydrogens (tertiary/aromatic N) is 3. The van der Waals surface area contributed by atoms with E-state index in [1.165, 1.54) is 0 Å². The molecule has 1 aromatic heterocycles. The molecule has 1 saturated carbocycles. The zero-order valence-electron chi connectivity index (χ0n) is 14.9. The first-order valence-electron chi connectivity index (χ1n) is 9.10. The first kappa shape index (κ1) is 16.8. The number of aromatic nitrogens is 2. The molecule has 1 N–H and O–H groups in total. The van der Waals surface area contributed by atoms with E-state index >= 15 is 0 Å². The van der Waals surface area contributed by atoms with Crippen LogP contribution in [0.3, 0.4) is 0 Å². The highest BCUT2D eigenvalue weighted by Gasteiger charge is 2.55. The van der Waals surface area contributed by atoms with E-state index in [4.69, 9.17) is 0 Å². The molecule has 6 nitrogen and oxygen atoms in total. The number of carboxylic acid groups (broad SMARTS) is 1. The smallest absolute Gasteiger partial charge is 0.311 e. The summed E-state index contributed by atoms with van der Waals surface area (Å²) in [5.41, 5.74) is 1.77. The fraction of sp³-hybridized carbons (Fsp3) is 0.450. The number of carbonyl (C=O) groups excluding carboxylic acids is 1. The maximum Gasteiger partial charge on any atom is 0.311 e. The molecule has 1 saturated heterocycles. The average molecular weight is 353 g/mol. The van der Waals surface area contributed by atoms with Crippen LogP contribution in [-0.4, -0.2) is 44.8 Å². The maximum absolute atomic E-state index is 13.0. The summed E-state index contributed by atoms with van der Waals surface area (Å²) in [4.78, 5) is 26.6. The lowest BCUT2D eigenvalue weighted by molar-refractivity contribution is -0.149. The van der Waals surface area contributed by atoms with Gasteiger partial charge in [0.2, 0.25) is 0 Å². The predicted molar refractivity (Wildman–Crippen MR) is 95.8 cm³/mol. The summed E-state index contributed by atoms with van der Waals surface area (Å²) in [6, 6.07) is 9.99. The Balaban J connectivity index is 1.54. The van der Waals surface area contributed by atoms with Crippen LogP contribution >= 0.6 is 0 Å². The third kappa shape index (κ3) is 2.60. The number of amides is 1. The number of carbonyl (C=O) groups is 2. The van der Waals surface area contributed by atoms with Crippen LogP contribution in [0.25, 0.3) is 0 Å². The molecule has 6 heteroatoms. The molecule has 2 aromatic rings. The number of hydrogen-bond donors (Lipinski definition) is 1. The van der Waals surface area contributed by atoms with E-state index in [1.807, 2.05) is 41.9 Å². The molecule has 1 aromatic carbocycles. The molecule has 4 rings (SSSR count). The summed E-state index contributed by atoms with van der Waals surface area (Å²) in [6.07, 6.45) is 4.11. The normalized spacial score (nSPS) is 24.7.